The minimum atomic E-state index is -6.05. The molecule has 4 rings (SSSR count). The van der Waals surface area contributed by atoms with E-state index >= 15 is 0 Å². The number of benzene rings is 4. The largest absolute Gasteiger partial charge is 0.534 e. The average molecular weight is 564 g/mol. The SMILES string of the molecule is O=Cc1c(O)cc(C(=O)c2c(O)ccc3cc(OCC(=O)O)ccc23)c2ccc(OS(=O)(=O)C(F)(F)F)cc12. The lowest BCUT2D eigenvalue weighted by Gasteiger charge is -2.15. The number of aliphatic carboxylic acids is 1. The fourth-order valence-corrected chi connectivity index (χ4v) is 4.30. The summed E-state index contributed by atoms with van der Waals surface area (Å²) in [6, 6.07) is 10.3. The lowest BCUT2D eigenvalue weighted by atomic mass is 9.91. The maximum Gasteiger partial charge on any atom is 0.534 e. The lowest BCUT2D eigenvalue weighted by Crippen LogP contribution is -2.28. The predicted molar refractivity (Wildman–Crippen MR) is 129 cm³/mol. The maximum absolute atomic E-state index is 13.6. The highest BCUT2D eigenvalue weighted by molar-refractivity contribution is 7.88. The number of ether oxygens (including phenoxy) is 1. The number of alkyl halides is 3. The molecule has 0 saturated heterocycles. The summed E-state index contributed by atoms with van der Waals surface area (Å²) >= 11 is 0. The quantitative estimate of drug-likeness (QED) is 0.123. The van der Waals surface area contributed by atoms with Crippen LogP contribution in [0, 0.1) is 0 Å². The first-order chi connectivity index (χ1) is 18.2. The Labute approximate surface area is 216 Å². The van der Waals surface area contributed by atoms with Gasteiger partial charge in [-0.15, -0.1) is 0 Å². The minimum absolute atomic E-state index is 0.0746. The Morgan fingerprint density at radius 1 is 0.872 bits per heavy atom. The molecular weight excluding hydrogens is 549 g/mol. The molecule has 0 amide bonds. The molecule has 0 aliphatic heterocycles. The van der Waals surface area contributed by atoms with Gasteiger partial charge in [-0.1, -0.05) is 6.07 Å². The maximum atomic E-state index is 13.6. The van der Waals surface area contributed by atoms with E-state index in [1.165, 1.54) is 30.3 Å². The highest BCUT2D eigenvalue weighted by Crippen LogP contribution is 2.38. The van der Waals surface area contributed by atoms with E-state index in [2.05, 4.69) is 4.18 Å². The molecule has 0 aliphatic rings. The number of hydrogen-bond acceptors (Lipinski definition) is 9. The molecule has 0 fully saturated rings. The van der Waals surface area contributed by atoms with Crippen LogP contribution in [0.5, 0.6) is 23.0 Å². The first kappa shape index (κ1) is 27.2. The van der Waals surface area contributed by atoms with E-state index < -0.39 is 56.8 Å². The van der Waals surface area contributed by atoms with Gasteiger partial charge in [0.25, 0.3) is 0 Å². The summed E-state index contributed by atoms with van der Waals surface area (Å²) in [5.74, 6) is -3.99. The Morgan fingerprint density at radius 2 is 1.54 bits per heavy atom. The summed E-state index contributed by atoms with van der Waals surface area (Å²) in [4.78, 5) is 36.0. The Bertz CT molecular complexity index is 1780. The molecular formula is C25H15F3O10S. The molecule has 0 unspecified atom stereocenters. The summed E-state index contributed by atoms with van der Waals surface area (Å²) in [6.07, 6.45) is 0.155. The van der Waals surface area contributed by atoms with Crippen LogP contribution in [0.4, 0.5) is 13.2 Å². The zero-order chi connectivity index (χ0) is 28.7. The van der Waals surface area contributed by atoms with Crippen molar-refractivity contribution in [3.05, 3.63) is 71.3 Å². The van der Waals surface area contributed by atoms with E-state index in [1.54, 1.807) is 0 Å². The zero-order valence-electron chi connectivity index (χ0n) is 19.2. The van der Waals surface area contributed by atoms with E-state index in [-0.39, 0.29) is 39.3 Å². The molecule has 0 saturated carbocycles. The van der Waals surface area contributed by atoms with Crippen LogP contribution in [0.15, 0.2) is 54.6 Å². The number of phenols is 2. The second-order valence-corrected chi connectivity index (χ2v) is 9.56. The summed E-state index contributed by atoms with van der Waals surface area (Å²) in [5.41, 5.74) is -6.73. The Balaban J connectivity index is 1.87. The van der Waals surface area contributed by atoms with Crippen LogP contribution in [-0.2, 0) is 14.9 Å². The Morgan fingerprint density at radius 3 is 2.18 bits per heavy atom. The van der Waals surface area contributed by atoms with Gasteiger partial charge in [-0.3, -0.25) is 9.59 Å². The summed E-state index contributed by atoms with van der Waals surface area (Å²) in [7, 11) is -6.05. The molecule has 0 aliphatic carbocycles. The lowest BCUT2D eigenvalue weighted by molar-refractivity contribution is -0.139. The molecule has 202 valence electrons. The topological polar surface area (TPSA) is 164 Å². The molecule has 4 aromatic rings. The molecule has 0 heterocycles. The van der Waals surface area contributed by atoms with Crippen molar-refractivity contribution in [2.24, 2.45) is 0 Å². The number of rotatable bonds is 8. The molecule has 39 heavy (non-hydrogen) atoms. The van der Waals surface area contributed by atoms with Crippen molar-refractivity contribution in [1.29, 1.82) is 0 Å². The van der Waals surface area contributed by atoms with Gasteiger partial charge < -0.3 is 24.2 Å². The Hall–Kier alpha value is -4.85. The van der Waals surface area contributed by atoms with Crippen LogP contribution in [-0.4, -0.2) is 53.9 Å². The van der Waals surface area contributed by atoms with E-state index in [0.717, 1.165) is 24.3 Å². The summed E-state index contributed by atoms with van der Waals surface area (Å²) < 4.78 is 70.3. The molecule has 0 atom stereocenters. The summed E-state index contributed by atoms with van der Waals surface area (Å²) in [6.45, 7) is -0.625. The van der Waals surface area contributed by atoms with Crippen LogP contribution < -0.4 is 8.92 Å². The highest BCUT2D eigenvalue weighted by atomic mass is 32.2. The fraction of sp³-hybridized carbons (Fsp3) is 0.0800. The third-order valence-corrected chi connectivity index (χ3v) is 6.52. The monoisotopic (exact) mass is 564 g/mol. The molecule has 14 heteroatoms. The molecule has 3 N–H and O–H groups in total. The van der Waals surface area contributed by atoms with E-state index in [1.807, 2.05) is 0 Å². The normalized spacial score (nSPS) is 11.9. The van der Waals surface area contributed by atoms with Gasteiger partial charge in [-0.05, 0) is 64.7 Å². The van der Waals surface area contributed by atoms with Crippen molar-refractivity contribution in [3.63, 3.8) is 0 Å². The van der Waals surface area contributed by atoms with Gasteiger partial charge in [-0.25, -0.2) is 4.79 Å². The number of phenolic OH excluding ortho intramolecular Hbond substituents is 2. The van der Waals surface area contributed by atoms with Crippen LogP contribution >= 0.6 is 0 Å². The fourth-order valence-electron chi connectivity index (χ4n) is 3.85. The number of aldehydes is 1. The number of carboxylic acids is 1. The molecule has 0 spiro atoms. The van der Waals surface area contributed by atoms with Gasteiger partial charge in [0.15, 0.2) is 18.7 Å². The third-order valence-electron chi connectivity index (χ3n) is 5.54. The predicted octanol–water partition coefficient (Wildman–Crippen LogP) is 4.14. The number of ketones is 1. The molecule has 0 aromatic heterocycles. The van der Waals surface area contributed by atoms with Crippen molar-refractivity contribution >= 4 is 49.7 Å². The first-order valence-corrected chi connectivity index (χ1v) is 12.0. The van der Waals surface area contributed by atoms with Gasteiger partial charge >= 0.3 is 21.6 Å². The average Bonchev–Trinajstić information content (AvgIpc) is 2.85. The van der Waals surface area contributed by atoms with Crippen LogP contribution in [0.3, 0.4) is 0 Å². The van der Waals surface area contributed by atoms with Gasteiger partial charge in [0.05, 0.1) is 11.1 Å². The number of carboxylic acid groups (broad SMARTS) is 1. The highest BCUT2D eigenvalue weighted by Gasteiger charge is 2.48. The standard InChI is InChI=1S/C25H15F3O10S/c26-25(27,28)39(35,36)38-14-3-5-16-17(8-14)19(10-29)21(31)9-18(16)24(34)23-15-4-2-13(37-11-22(32)33)7-12(15)1-6-20(23)30/h1-10,30-31H,11H2,(H,32,33). The molecule has 10 nitrogen and oxygen atoms in total. The molecule has 0 bridgehead atoms. The smallest absolute Gasteiger partial charge is 0.507 e. The first-order valence-electron chi connectivity index (χ1n) is 10.6. The molecule has 4 aromatic carbocycles. The van der Waals surface area contributed by atoms with Crippen LogP contribution in [0.25, 0.3) is 21.5 Å². The van der Waals surface area contributed by atoms with Crippen molar-refractivity contribution in [2.75, 3.05) is 6.61 Å². The number of fused-ring (bicyclic) bond motifs is 2. The van der Waals surface area contributed by atoms with Gasteiger partial charge in [0, 0.05) is 10.9 Å². The number of carbonyl (C=O) groups is 3. The third kappa shape index (κ3) is 5.13. The number of hydrogen-bond donors (Lipinski definition) is 3. The van der Waals surface area contributed by atoms with Gasteiger partial charge in [0.2, 0.25) is 0 Å². The Kier molecular flexibility index (Phi) is 6.83. The van der Waals surface area contributed by atoms with Crippen LogP contribution in [0.2, 0.25) is 0 Å². The van der Waals surface area contributed by atoms with Crippen molar-refractivity contribution < 1.29 is 60.2 Å². The summed E-state index contributed by atoms with van der Waals surface area (Å²) in [5, 5.41) is 29.9. The van der Waals surface area contributed by atoms with Crippen LogP contribution in [0.1, 0.15) is 26.3 Å². The van der Waals surface area contributed by atoms with Crippen molar-refractivity contribution in [3.8, 4) is 23.0 Å². The van der Waals surface area contributed by atoms with Crippen molar-refractivity contribution in [1.82, 2.24) is 0 Å². The van der Waals surface area contributed by atoms with Gasteiger partial charge in [-0.2, -0.15) is 21.6 Å². The van der Waals surface area contributed by atoms with Crippen molar-refractivity contribution in [2.45, 2.75) is 5.51 Å². The van der Waals surface area contributed by atoms with Gasteiger partial charge in [0.1, 0.15) is 23.0 Å². The van der Waals surface area contributed by atoms with E-state index in [9.17, 15) is 46.2 Å². The molecule has 0 radical (unpaired) electrons. The second kappa shape index (κ2) is 9.79. The minimum Gasteiger partial charge on any atom is -0.507 e. The van der Waals surface area contributed by atoms with E-state index in [4.69, 9.17) is 9.84 Å². The number of carbonyl (C=O) groups excluding carboxylic acids is 2. The number of halogens is 3. The van der Waals surface area contributed by atoms with E-state index in [0.29, 0.717) is 5.39 Å². The second-order valence-electron chi connectivity index (χ2n) is 8.02. The zero-order valence-corrected chi connectivity index (χ0v) is 20.0. The number of aromatic hydroxyl groups is 2.